The molecule has 1 amide bonds. The van der Waals surface area contributed by atoms with Crippen molar-refractivity contribution in [2.75, 3.05) is 10.6 Å². The normalized spacial score (nSPS) is 24.1. The molecule has 1 fully saturated rings. The molecule has 2 heterocycles. The Morgan fingerprint density at radius 2 is 2.19 bits per heavy atom. The number of fused-ring (bicyclic) bond motifs is 1. The average Bonchev–Trinajstić information content (AvgIpc) is 3.02. The van der Waals surface area contributed by atoms with E-state index in [0.29, 0.717) is 12.3 Å². The van der Waals surface area contributed by atoms with Gasteiger partial charge >= 0.3 is 0 Å². The molecular weight excluding hydrogens is 202 g/mol. The average molecular weight is 217 g/mol. The van der Waals surface area contributed by atoms with Gasteiger partial charge in [-0.05, 0) is 37.8 Å². The molecule has 1 aromatic rings. The number of amides is 1. The van der Waals surface area contributed by atoms with Gasteiger partial charge in [-0.3, -0.25) is 4.79 Å². The largest absolute Gasteiger partial charge is 0.365 e. The standard InChI is InChI=1S/C12H15N3O/c1-7-2-5-9-12(13-7)15-10(8-3-4-8)6-11(16)14-9/h2,5,8,10H,3-4,6H2,1H3,(H,13,15)(H,14,16). The SMILES string of the molecule is Cc1ccc2c(n1)NC(C1CC1)CC(=O)N2. The third-order valence-corrected chi connectivity index (χ3v) is 3.23. The highest BCUT2D eigenvalue weighted by atomic mass is 16.1. The van der Waals surface area contributed by atoms with E-state index in [4.69, 9.17) is 0 Å². The summed E-state index contributed by atoms with van der Waals surface area (Å²) >= 11 is 0. The molecule has 0 bridgehead atoms. The lowest BCUT2D eigenvalue weighted by atomic mass is 10.1. The van der Waals surface area contributed by atoms with E-state index in [1.807, 2.05) is 19.1 Å². The number of nitrogens with zero attached hydrogens (tertiary/aromatic N) is 1. The number of carbonyl (C=O) groups excluding carboxylic acids is 1. The van der Waals surface area contributed by atoms with Gasteiger partial charge in [0.25, 0.3) is 0 Å². The fraction of sp³-hybridized carbons (Fsp3) is 0.500. The predicted octanol–water partition coefficient (Wildman–Crippen LogP) is 1.92. The molecule has 0 radical (unpaired) electrons. The molecule has 3 rings (SSSR count). The Hall–Kier alpha value is -1.58. The summed E-state index contributed by atoms with van der Waals surface area (Å²) in [7, 11) is 0. The van der Waals surface area contributed by atoms with E-state index in [0.717, 1.165) is 17.2 Å². The quantitative estimate of drug-likeness (QED) is 0.755. The van der Waals surface area contributed by atoms with Crippen LogP contribution in [0.5, 0.6) is 0 Å². The Morgan fingerprint density at radius 1 is 1.38 bits per heavy atom. The number of carbonyl (C=O) groups is 1. The highest BCUT2D eigenvalue weighted by Gasteiger charge is 2.34. The summed E-state index contributed by atoms with van der Waals surface area (Å²) in [5, 5.41) is 6.30. The van der Waals surface area contributed by atoms with Gasteiger partial charge in [-0.25, -0.2) is 4.98 Å². The third kappa shape index (κ3) is 1.75. The van der Waals surface area contributed by atoms with Crippen LogP contribution in [0.2, 0.25) is 0 Å². The predicted molar refractivity (Wildman–Crippen MR) is 62.4 cm³/mol. The van der Waals surface area contributed by atoms with Crippen LogP contribution < -0.4 is 10.6 Å². The molecule has 4 nitrogen and oxygen atoms in total. The second-order valence-corrected chi connectivity index (χ2v) is 4.69. The number of aryl methyl sites for hydroxylation is 1. The molecule has 1 aliphatic heterocycles. The number of hydrogen-bond acceptors (Lipinski definition) is 3. The number of rotatable bonds is 1. The van der Waals surface area contributed by atoms with Crippen LogP contribution in [-0.2, 0) is 4.79 Å². The molecule has 4 heteroatoms. The van der Waals surface area contributed by atoms with Gasteiger partial charge in [0, 0.05) is 18.2 Å². The van der Waals surface area contributed by atoms with Crippen LogP contribution in [0.1, 0.15) is 25.0 Å². The molecule has 16 heavy (non-hydrogen) atoms. The second kappa shape index (κ2) is 3.47. The van der Waals surface area contributed by atoms with Crippen LogP contribution in [0.25, 0.3) is 0 Å². The van der Waals surface area contributed by atoms with Gasteiger partial charge in [0.15, 0.2) is 0 Å². The van der Waals surface area contributed by atoms with E-state index in [-0.39, 0.29) is 11.9 Å². The second-order valence-electron chi connectivity index (χ2n) is 4.69. The number of anilines is 2. The molecule has 84 valence electrons. The van der Waals surface area contributed by atoms with Crippen LogP contribution in [0, 0.1) is 12.8 Å². The zero-order valence-corrected chi connectivity index (χ0v) is 9.29. The lowest BCUT2D eigenvalue weighted by Gasteiger charge is -2.15. The van der Waals surface area contributed by atoms with Crippen molar-refractivity contribution < 1.29 is 4.79 Å². The van der Waals surface area contributed by atoms with Gasteiger partial charge in [0.1, 0.15) is 5.82 Å². The van der Waals surface area contributed by atoms with Crippen molar-refractivity contribution >= 4 is 17.4 Å². The van der Waals surface area contributed by atoms with E-state index in [1.165, 1.54) is 12.8 Å². The Morgan fingerprint density at radius 3 is 2.94 bits per heavy atom. The van der Waals surface area contributed by atoms with E-state index in [1.54, 1.807) is 0 Å². The fourth-order valence-corrected chi connectivity index (χ4v) is 2.18. The zero-order chi connectivity index (χ0) is 11.1. The Bertz CT molecular complexity index is 440. The lowest BCUT2D eigenvalue weighted by molar-refractivity contribution is -0.116. The van der Waals surface area contributed by atoms with Crippen molar-refractivity contribution in [2.24, 2.45) is 5.92 Å². The lowest BCUT2D eigenvalue weighted by Crippen LogP contribution is -2.24. The number of aromatic nitrogens is 1. The molecule has 0 saturated heterocycles. The van der Waals surface area contributed by atoms with Crippen molar-refractivity contribution in [3.8, 4) is 0 Å². The summed E-state index contributed by atoms with van der Waals surface area (Å²) in [6, 6.07) is 4.09. The first-order chi connectivity index (χ1) is 7.72. The Balaban J connectivity index is 1.95. The topological polar surface area (TPSA) is 54.0 Å². The van der Waals surface area contributed by atoms with E-state index < -0.39 is 0 Å². The first kappa shape index (κ1) is 9.63. The van der Waals surface area contributed by atoms with E-state index in [9.17, 15) is 4.79 Å². The molecule has 0 aromatic carbocycles. The van der Waals surface area contributed by atoms with Crippen LogP contribution in [0.15, 0.2) is 12.1 Å². The molecule has 2 N–H and O–H groups in total. The molecule has 1 saturated carbocycles. The summed E-state index contributed by atoms with van der Waals surface area (Å²) in [4.78, 5) is 16.1. The number of nitrogens with one attached hydrogen (secondary N) is 2. The molecule has 1 atom stereocenters. The summed E-state index contributed by atoms with van der Waals surface area (Å²) in [5.74, 6) is 1.57. The molecule has 0 spiro atoms. The first-order valence-electron chi connectivity index (χ1n) is 5.76. The maximum absolute atomic E-state index is 11.7. The van der Waals surface area contributed by atoms with Crippen LogP contribution in [-0.4, -0.2) is 16.9 Å². The maximum Gasteiger partial charge on any atom is 0.226 e. The minimum atomic E-state index is 0.0915. The van der Waals surface area contributed by atoms with Gasteiger partial charge in [-0.15, -0.1) is 0 Å². The zero-order valence-electron chi connectivity index (χ0n) is 9.29. The van der Waals surface area contributed by atoms with Crippen LogP contribution in [0.4, 0.5) is 11.5 Å². The first-order valence-corrected chi connectivity index (χ1v) is 5.76. The van der Waals surface area contributed by atoms with E-state index >= 15 is 0 Å². The van der Waals surface area contributed by atoms with Crippen molar-refractivity contribution in [1.29, 1.82) is 0 Å². The molecule has 1 unspecified atom stereocenters. The molecule has 2 aliphatic rings. The van der Waals surface area contributed by atoms with Crippen molar-refractivity contribution in [1.82, 2.24) is 4.98 Å². The van der Waals surface area contributed by atoms with Crippen molar-refractivity contribution in [3.05, 3.63) is 17.8 Å². The van der Waals surface area contributed by atoms with Crippen LogP contribution >= 0.6 is 0 Å². The van der Waals surface area contributed by atoms with Crippen molar-refractivity contribution in [2.45, 2.75) is 32.2 Å². The van der Waals surface area contributed by atoms with Gasteiger partial charge < -0.3 is 10.6 Å². The maximum atomic E-state index is 11.7. The number of hydrogen-bond donors (Lipinski definition) is 2. The van der Waals surface area contributed by atoms with Gasteiger partial charge in [0.05, 0.1) is 5.69 Å². The monoisotopic (exact) mass is 217 g/mol. The van der Waals surface area contributed by atoms with Crippen LogP contribution in [0.3, 0.4) is 0 Å². The minimum absolute atomic E-state index is 0.0915. The van der Waals surface area contributed by atoms with Gasteiger partial charge in [-0.1, -0.05) is 0 Å². The molecular formula is C12H15N3O. The summed E-state index contributed by atoms with van der Waals surface area (Å²) < 4.78 is 0. The third-order valence-electron chi connectivity index (χ3n) is 3.23. The summed E-state index contributed by atoms with van der Waals surface area (Å²) in [6.07, 6.45) is 3.01. The van der Waals surface area contributed by atoms with Crippen molar-refractivity contribution in [3.63, 3.8) is 0 Å². The fourth-order valence-electron chi connectivity index (χ4n) is 2.18. The molecule has 1 aromatic heterocycles. The summed E-state index contributed by atoms with van der Waals surface area (Å²) in [6.45, 7) is 1.96. The Kier molecular flexibility index (Phi) is 2.09. The summed E-state index contributed by atoms with van der Waals surface area (Å²) in [5.41, 5.74) is 1.77. The number of pyridine rings is 1. The smallest absolute Gasteiger partial charge is 0.226 e. The minimum Gasteiger partial charge on any atom is -0.365 e. The van der Waals surface area contributed by atoms with E-state index in [2.05, 4.69) is 15.6 Å². The molecule has 1 aliphatic carbocycles. The van der Waals surface area contributed by atoms with Gasteiger partial charge in [-0.2, -0.15) is 0 Å². The van der Waals surface area contributed by atoms with Gasteiger partial charge in [0.2, 0.25) is 5.91 Å². The highest BCUT2D eigenvalue weighted by Crippen LogP contribution is 2.37. The highest BCUT2D eigenvalue weighted by molar-refractivity contribution is 5.95. The Labute approximate surface area is 94.5 Å².